The SMILES string of the molecule is CC(C)CNCC1CCC1C1CCCc2cccnc21. The van der Waals surface area contributed by atoms with Crippen LogP contribution in [0.25, 0.3) is 0 Å². The maximum absolute atomic E-state index is 4.73. The highest BCUT2D eigenvalue weighted by Crippen LogP contribution is 2.47. The largest absolute Gasteiger partial charge is 0.316 e. The van der Waals surface area contributed by atoms with Crippen LogP contribution in [0.3, 0.4) is 0 Å². The summed E-state index contributed by atoms with van der Waals surface area (Å²) >= 11 is 0. The molecule has 2 heteroatoms. The molecule has 3 unspecified atom stereocenters. The Balaban J connectivity index is 1.62. The van der Waals surface area contributed by atoms with Gasteiger partial charge in [0.2, 0.25) is 0 Å². The fourth-order valence-corrected chi connectivity index (χ4v) is 4.00. The Hall–Kier alpha value is -0.890. The van der Waals surface area contributed by atoms with E-state index < -0.39 is 0 Å². The number of hydrogen-bond acceptors (Lipinski definition) is 2. The van der Waals surface area contributed by atoms with Crippen molar-refractivity contribution in [3.63, 3.8) is 0 Å². The maximum Gasteiger partial charge on any atom is 0.0469 e. The van der Waals surface area contributed by atoms with E-state index in [2.05, 4.69) is 31.3 Å². The van der Waals surface area contributed by atoms with E-state index in [1.54, 1.807) is 0 Å². The number of fused-ring (bicyclic) bond motifs is 1. The summed E-state index contributed by atoms with van der Waals surface area (Å²) in [6.07, 6.45) is 8.76. The number of aromatic nitrogens is 1. The Labute approximate surface area is 123 Å². The molecule has 0 bridgehead atoms. The van der Waals surface area contributed by atoms with Crippen molar-refractivity contribution in [1.29, 1.82) is 0 Å². The molecule has 0 radical (unpaired) electrons. The summed E-state index contributed by atoms with van der Waals surface area (Å²) in [4.78, 5) is 4.73. The van der Waals surface area contributed by atoms with E-state index in [0.29, 0.717) is 0 Å². The zero-order valence-electron chi connectivity index (χ0n) is 12.9. The van der Waals surface area contributed by atoms with Crippen LogP contribution in [0.2, 0.25) is 0 Å². The summed E-state index contributed by atoms with van der Waals surface area (Å²) in [5.74, 6) is 3.25. The predicted molar refractivity (Wildman–Crippen MR) is 83.8 cm³/mol. The molecule has 20 heavy (non-hydrogen) atoms. The average molecular weight is 272 g/mol. The molecule has 0 aliphatic heterocycles. The third-order valence-electron chi connectivity index (χ3n) is 5.19. The van der Waals surface area contributed by atoms with Gasteiger partial charge in [0.05, 0.1) is 0 Å². The second kappa shape index (κ2) is 6.26. The number of nitrogens with zero attached hydrogens (tertiary/aromatic N) is 1. The van der Waals surface area contributed by atoms with Gasteiger partial charge in [-0.05, 0) is 74.6 Å². The topological polar surface area (TPSA) is 24.9 Å². The highest BCUT2D eigenvalue weighted by Gasteiger charge is 2.39. The van der Waals surface area contributed by atoms with Crippen LogP contribution in [0.1, 0.15) is 56.7 Å². The van der Waals surface area contributed by atoms with Gasteiger partial charge in [-0.15, -0.1) is 0 Å². The van der Waals surface area contributed by atoms with Crippen LogP contribution >= 0.6 is 0 Å². The summed E-state index contributed by atoms with van der Waals surface area (Å²) in [5.41, 5.74) is 2.95. The van der Waals surface area contributed by atoms with Crippen LogP contribution < -0.4 is 5.32 Å². The first kappa shape index (κ1) is 14.1. The lowest BCUT2D eigenvalue weighted by Crippen LogP contribution is -2.40. The van der Waals surface area contributed by atoms with Gasteiger partial charge in [0, 0.05) is 17.8 Å². The van der Waals surface area contributed by atoms with Crippen molar-refractivity contribution in [2.24, 2.45) is 17.8 Å². The van der Waals surface area contributed by atoms with Crippen LogP contribution in [-0.4, -0.2) is 18.1 Å². The van der Waals surface area contributed by atoms with Gasteiger partial charge in [-0.25, -0.2) is 0 Å². The van der Waals surface area contributed by atoms with Crippen LogP contribution in [0, 0.1) is 17.8 Å². The zero-order chi connectivity index (χ0) is 13.9. The standard InChI is InChI=1S/C18H28N2/c1-13(2)11-19-12-15-8-9-16(15)17-7-3-5-14-6-4-10-20-18(14)17/h4,6,10,13,15-17,19H,3,5,7-9,11-12H2,1-2H3. The maximum atomic E-state index is 4.73. The molecule has 0 spiro atoms. The third kappa shape index (κ3) is 2.90. The van der Waals surface area contributed by atoms with Gasteiger partial charge in [-0.2, -0.15) is 0 Å². The van der Waals surface area contributed by atoms with Crippen molar-refractivity contribution >= 4 is 0 Å². The Morgan fingerprint density at radius 2 is 2.20 bits per heavy atom. The first-order valence-electron chi connectivity index (χ1n) is 8.40. The van der Waals surface area contributed by atoms with Gasteiger partial charge in [-0.1, -0.05) is 19.9 Å². The van der Waals surface area contributed by atoms with E-state index in [0.717, 1.165) is 30.2 Å². The molecule has 0 amide bonds. The zero-order valence-corrected chi connectivity index (χ0v) is 12.9. The van der Waals surface area contributed by atoms with E-state index >= 15 is 0 Å². The second-order valence-electron chi connectivity index (χ2n) is 7.10. The van der Waals surface area contributed by atoms with E-state index in [1.165, 1.54) is 49.9 Å². The second-order valence-corrected chi connectivity index (χ2v) is 7.10. The summed E-state index contributed by atoms with van der Waals surface area (Å²) in [5, 5.41) is 3.66. The molecule has 3 rings (SSSR count). The quantitative estimate of drug-likeness (QED) is 0.882. The van der Waals surface area contributed by atoms with Gasteiger partial charge < -0.3 is 5.32 Å². The van der Waals surface area contributed by atoms with E-state index in [-0.39, 0.29) is 0 Å². The minimum Gasteiger partial charge on any atom is -0.316 e. The van der Waals surface area contributed by atoms with E-state index in [1.807, 2.05) is 6.20 Å². The first-order chi connectivity index (χ1) is 9.75. The fourth-order valence-electron chi connectivity index (χ4n) is 4.00. The number of rotatable bonds is 5. The molecule has 1 N–H and O–H groups in total. The normalized spacial score (nSPS) is 29.1. The van der Waals surface area contributed by atoms with E-state index in [9.17, 15) is 0 Å². The lowest BCUT2D eigenvalue weighted by Gasteiger charge is -2.44. The highest BCUT2D eigenvalue weighted by molar-refractivity contribution is 5.27. The summed E-state index contributed by atoms with van der Waals surface area (Å²) < 4.78 is 0. The molecule has 1 aromatic rings. The predicted octanol–water partition coefficient (Wildman–Crippen LogP) is 3.77. The summed E-state index contributed by atoms with van der Waals surface area (Å²) in [7, 11) is 0. The molecule has 2 nitrogen and oxygen atoms in total. The van der Waals surface area contributed by atoms with Crippen molar-refractivity contribution in [3.05, 3.63) is 29.6 Å². The number of pyridine rings is 1. The molecule has 0 saturated heterocycles. The summed E-state index contributed by atoms with van der Waals surface area (Å²) in [6, 6.07) is 4.39. The Morgan fingerprint density at radius 1 is 1.30 bits per heavy atom. The van der Waals surface area contributed by atoms with Crippen molar-refractivity contribution in [2.45, 2.75) is 51.9 Å². The monoisotopic (exact) mass is 272 g/mol. The molecule has 3 atom stereocenters. The van der Waals surface area contributed by atoms with Crippen molar-refractivity contribution in [1.82, 2.24) is 10.3 Å². The number of hydrogen-bond donors (Lipinski definition) is 1. The number of nitrogens with one attached hydrogen (secondary N) is 1. The number of aryl methyl sites for hydroxylation is 1. The van der Waals surface area contributed by atoms with Crippen LogP contribution in [0.5, 0.6) is 0 Å². The summed E-state index contributed by atoms with van der Waals surface area (Å²) in [6.45, 7) is 6.93. The fraction of sp³-hybridized carbons (Fsp3) is 0.722. The van der Waals surface area contributed by atoms with Crippen LogP contribution in [0.4, 0.5) is 0 Å². The average Bonchev–Trinajstić information content (AvgIpc) is 2.42. The molecule has 110 valence electrons. The highest BCUT2D eigenvalue weighted by atomic mass is 14.9. The van der Waals surface area contributed by atoms with Crippen LogP contribution in [-0.2, 0) is 6.42 Å². The molecular weight excluding hydrogens is 244 g/mol. The molecule has 1 heterocycles. The lowest BCUT2D eigenvalue weighted by atomic mass is 9.63. The minimum absolute atomic E-state index is 0.736. The first-order valence-corrected chi connectivity index (χ1v) is 8.40. The Kier molecular flexibility index (Phi) is 4.40. The Morgan fingerprint density at radius 3 is 2.95 bits per heavy atom. The van der Waals surface area contributed by atoms with Gasteiger partial charge in [0.1, 0.15) is 0 Å². The van der Waals surface area contributed by atoms with Crippen molar-refractivity contribution in [3.8, 4) is 0 Å². The molecule has 1 aromatic heterocycles. The van der Waals surface area contributed by atoms with Gasteiger partial charge in [0.15, 0.2) is 0 Å². The van der Waals surface area contributed by atoms with Crippen LogP contribution in [0.15, 0.2) is 18.3 Å². The smallest absolute Gasteiger partial charge is 0.0469 e. The van der Waals surface area contributed by atoms with Gasteiger partial charge >= 0.3 is 0 Å². The minimum atomic E-state index is 0.736. The third-order valence-corrected chi connectivity index (χ3v) is 5.19. The van der Waals surface area contributed by atoms with Crippen molar-refractivity contribution < 1.29 is 0 Å². The van der Waals surface area contributed by atoms with Gasteiger partial charge in [-0.3, -0.25) is 4.98 Å². The Bertz CT molecular complexity index is 441. The molecule has 1 fully saturated rings. The molecule has 1 saturated carbocycles. The molecule has 2 aliphatic carbocycles. The van der Waals surface area contributed by atoms with E-state index in [4.69, 9.17) is 4.98 Å². The molecular formula is C18H28N2. The van der Waals surface area contributed by atoms with Crippen molar-refractivity contribution in [2.75, 3.05) is 13.1 Å². The lowest BCUT2D eigenvalue weighted by molar-refractivity contribution is 0.126. The molecule has 0 aromatic carbocycles. The molecule has 2 aliphatic rings. The van der Waals surface area contributed by atoms with Gasteiger partial charge in [0.25, 0.3) is 0 Å².